The molecule has 0 saturated heterocycles. The Bertz CT molecular complexity index is 507. The Kier molecular flexibility index (Phi) is 3.20. The molecule has 0 saturated carbocycles. The highest BCUT2D eigenvalue weighted by molar-refractivity contribution is 5.86. The Hall–Kier alpha value is -2.14. The summed E-state index contributed by atoms with van der Waals surface area (Å²) in [5.41, 5.74) is 6.82. The molecule has 2 aromatic rings. The summed E-state index contributed by atoms with van der Waals surface area (Å²) in [5.74, 6) is -0.918. The van der Waals surface area contributed by atoms with Crippen LogP contribution in [0.2, 0.25) is 0 Å². The molecule has 88 valence electrons. The molecule has 0 fully saturated rings. The van der Waals surface area contributed by atoms with Gasteiger partial charge in [-0.3, -0.25) is 0 Å². The molecule has 0 radical (unpaired) electrons. The van der Waals surface area contributed by atoms with Crippen molar-refractivity contribution < 1.29 is 14.3 Å². The maximum atomic E-state index is 10.9. The summed E-state index contributed by atoms with van der Waals surface area (Å²) in [6.45, 7) is 0. The van der Waals surface area contributed by atoms with E-state index in [0.29, 0.717) is 6.42 Å². The van der Waals surface area contributed by atoms with Gasteiger partial charge in [-0.05, 0) is 12.0 Å². The summed E-state index contributed by atoms with van der Waals surface area (Å²) in [7, 11) is 0. The van der Waals surface area contributed by atoms with Crippen molar-refractivity contribution in [2.45, 2.75) is 12.5 Å². The lowest BCUT2D eigenvalue weighted by molar-refractivity contribution is 0.0688. The number of nitrogens with zero attached hydrogens (tertiary/aromatic N) is 1. The third-order valence-electron chi connectivity index (χ3n) is 2.43. The topological polar surface area (TPSA) is 89.4 Å². The highest BCUT2D eigenvalue weighted by Gasteiger charge is 2.21. The van der Waals surface area contributed by atoms with Crippen LogP contribution in [-0.2, 0) is 6.42 Å². The second-order valence-corrected chi connectivity index (χ2v) is 3.67. The average molecular weight is 232 g/mol. The fraction of sp³-hybridized carbons (Fsp3) is 0.167. The van der Waals surface area contributed by atoms with Gasteiger partial charge in [0.2, 0.25) is 0 Å². The summed E-state index contributed by atoms with van der Waals surface area (Å²) in [5, 5.41) is 8.89. The quantitative estimate of drug-likeness (QED) is 0.835. The fourth-order valence-electron chi connectivity index (χ4n) is 1.64. The van der Waals surface area contributed by atoms with Crippen LogP contribution in [0.5, 0.6) is 0 Å². The number of rotatable bonds is 4. The van der Waals surface area contributed by atoms with Crippen LogP contribution in [0.4, 0.5) is 0 Å². The van der Waals surface area contributed by atoms with Gasteiger partial charge in [-0.25, -0.2) is 9.78 Å². The molecule has 0 spiro atoms. The number of hydrogen-bond donors (Lipinski definition) is 2. The number of aromatic carboxylic acids is 1. The normalized spacial score (nSPS) is 12.3. The maximum absolute atomic E-state index is 10.9. The van der Waals surface area contributed by atoms with Gasteiger partial charge >= 0.3 is 5.97 Å². The van der Waals surface area contributed by atoms with Crippen LogP contribution in [0.1, 0.15) is 27.9 Å². The summed E-state index contributed by atoms with van der Waals surface area (Å²) < 4.78 is 5.04. The lowest BCUT2D eigenvalue weighted by atomic mass is 10.0. The molecule has 1 unspecified atom stereocenters. The molecule has 5 heteroatoms. The molecule has 1 aromatic heterocycles. The van der Waals surface area contributed by atoms with Crippen molar-refractivity contribution in [2.24, 2.45) is 5.73 Å². The van der Waals surface area contributed by atoms with Crippen molar-refractivity contribution in [3.63, 3.8) is 0 Å². The van der Waals surface area contributed by atoms with Crippen LogP contribution in [0.25, 0.3) is 0 Å². The predicted molar refractivity (Wildman–Crippen MR) is 60.5 cm³/mol. The average Bonchev–Trinajstić information content (AvgIpc) is 2.79. The number of oxazole rings is 1. The number of hydrogen-bond acceptors (Lipinski definition) is 4. The number of carboxylic acids is 1. The van der Waals surface area contributed by atoms with Crippen molar-refractivity contribution in [3.05, 3.63) is 53.7 Å². The fourth-order valence-corrected chi connectivity index (χ4v) is 1.64. The van der Waals surface area contributed by atoms with Crippen molar-refractivity contribution in [1.29, 1.82) is 0 Å². The molecule has 1 heterocycles. The Labute approximate surface area is 97.9 Å². The number of carboxylic acid groups (broad SMARTS) is 1. The highest BCUT2D eigenvalue weighted by Crippen LogP contribution is 2.19. The zero-order valence-corrected chi connectivity index (χ0v) is 9.04. The first-order chi connectivity index (χ1) is 8.18. The Morgan fingerprint density at radius 2 is 2.12 bits per heavy atom. The van der Waals surface area contributed by atoms with E-state index < -0.39 is 12.0 Å². The van der Waals surface area contributed by atoms with Crippen LogP contribution in [0.15, 0.2) is 41.1 Å². The van der Waals surface area contributed by atoms with E-state index in [0.717, 1.165) is 12.0 Å². The van der Waals surface area contributed by atoms with Gasteiger partial charge in [0, 0.05) is 0 Å². The molecule has 17 heavy (non-hydrogen) atoms. The van der Waals surface area contributed by atoms with Gasteiger partial charge in [0.15, 0.2) is 17.8 Å². The van der Waals surface area contributed by atoms with Gasteiger partial charge in [-0.2, -0.15) is 0 Å². The predicted octanol–water partition coefficient (Wildman–Crippen LogP) is 1.62. The smallest absolute Gasteiger partial charge is 0.358 e. The zero-order valence-electron chi connectivity index (χ0n) is 9.04. The minimum atomic E-state index is -1.13. The van der Waals surface area contributed by atoms with Crippen molar-refractivity contribution in [3.8, 4) is 0 Å². The van der Waals surface area contributed by atoms with E-state index in [1.165, 1.54) is 0 Å². The molecular formula is C12H12N2O3. The number of nitrogens with two attached hydrogens (primary N) is 1. The Morgan fingerprint density at radius 1 is 1.41 bits per heavy atom. The standard InChI is InChI=1S/C12H12N2O3/c13-9(6-8-4-2-1-3-5-8)11-10(12(15)16)14-7-17-11/h1-5,7,9H,6,13H2,(H,15,16). The van der Waals surface area contributed by atoms with Gasteiger partial charge in [0.25, 0.3) is 0 Å². The van der Waals surface area contributed by atoms with Crippen LogP contribution in [0.3, 0.4) is 0 Å². The van der Waals surface area contributed by atoms with Gasteiger partial charge in [0.1, 0.15) is 0 Å². The maximum Gasteiger partial charge on any atom is 0.358 e. The zero-order chi connectivity index (χ0) is 12.3. The van der Waals surface area contributed by atoms with E-state index in [1.54, 1.807) is 0 Å². The van der Waals surface area contributed by atoms with Gasteiger partial charge in [-0.1, -0.05) is 30.3 Å². The third kappa shape index (κ3) is 2.51. The summed E-state index contributed by atoms with van der Waals surface area (Å²) in [4.78, 5) is 14.5. The van der Waals surface area contributed by atoms with Crippen LogP contribution >= 0.6 is 0 Å². The lowest BCUT2D eigenvalue weighted by Crippen LogP contribution is -2.16. The van der Waals surface area contributed by atoms with Gasteiger partial charge < -0.3 is 15.3 Å². The first-order valence-corrected chi connectivity index (χ1v) is 5.14. The van der Waals surface area contributed by atoms with E-state index in [2.05, 4.69) is 4.98 Å². The van der Waals surface area contributed by atoms with Crippen molar-refractivity contribution in [2.75, 3.05) is 0 Å². The molecule has 0 aliphatic carbocycles. The molecule has 2 rings (SSSR count). The Morgan fingerprint density at radius 3 is 2.76 bits per heavy atom. The van der Waals surface area contributed by atoms with E-state index in [9.17, 15) is 4.79 Å². The molecular weight excluding hydrogens is 220 g/mol. The van der Waals surface area contributed by atoms with E-state index in [1.807, 2.05) is 30.3 Å². The molecule has 0 aliphatic rings. The number of benzene rings is 1. The third-order valence-corrected chi connectivity index (χ3v) is 2.43. The molecule has 0 bridgehead atoms. The number of carbonyl (C=O) groups is 1. The van der Waals surface area contributed by atoms with Crippen molar-refractivity contribution in [1.82, 2.24) is 4.98 Å². The largest absolute Gasteiger partial charge is 0.476 e. The first kappa shape index (κ1) is 11.3. The van der Waals surface area contributed by atoms with Crippen LogP contribution in [-0.4, -0.2) is 16.1 Å². The van der Waals surface area contributed by atoms with Gasteiger partial charge in [0.05, 0.1) is 6.04 Å². The highest BCUT2D eigenvalue weighted by atomic mass is 16.4. The molecule has 0 amide bonds. The molecule has 1 atom stereocenters. The first-order valence-electron chi connectivity index (χ1n) is 5.14. The molecule has 3 N–H and O–H groups in total. The molecule has 0 aliphatic heterocycles. The minimum absolute atomic E-state index is 0.117. The van der Waals surface area contributed by atoms with E-state index in [-0.39, 0.29) is 11.5 Å². The lowest BCUT2D eigenvalue weighted by Gasteiger charge is -2.08. The van der Waals surface area contributed by atoms with E-state index in [4.69, 9.17) is 15.3 Å². The van der Waals surface area contributed by atoms with E-state index >= 15 is 0 Å². The van der Waals surface area contributed by atoms with Gasteiger partial charge in [-0.15, -0.1) is 0 Å². The Balaban J connectivity index is 2.17. The molecule has 5 nitrogen and oxygen atoms in total. The van der Waals surface area contributed by atoms with Crippen LogP contribution < -0.4 is 5.73 Å². The van der Waals surface area contributed by atoms with Crippen LogP contribution in [0, 0.1) is 0 Å². The van der Waals surface area contributed by atoms with Crippen molar-refractivity contribution >= 4 is 5.97 Å². The summed E-state index contributed by atoms with van der Waals surface area (Å²) in [6, 6.07) is 9.06. The molecule has 1 aromatic carbocycles. The SMILES string of the molecule is NC(Cc1ccccc1)c1ocnc1C(=O)O. The monoisotopic (exact) mass is 232 g/mol. The second-order valence-electron chi connectivity index (χ2n) is 3.67. The second kappa shape index (κ2) is 4.80. The number of aromatic nitrogens is 1. The summed E-state index contributed by atoms with van der Waals surface area (Å²) >= 11 is 0. The summed E-state index contributed by atoms with van der Waals surface area (Å²) in [6.07, 6.45) is 1.61. The minimum Gasteiger partial charge on any atom is -0.476 e.